The number of guanidine groups is 1. The average Bonchev–Trinajstić information content (AvgIpc) is 3.03. The number of ketones is 1. The molecule has 0 atom stereocenters. The SMILES string of the molecule is C/C=C(C1=C2N=C(N(C)C)N=C2c2ccccc2C1=O)\C(C)=C/N. The van der Waals surface area contributed by atoms with Gasteiger partial charge >= 0.3 is 0 Å². The number of benzene rings is 1. The van der Waals surface area contributed by atoms with Gasteiger partial charge in [0.15, 0.2) is 5.78 Å². The van der Waals surface area contributed by atoms with Crippen molar-refractivity contribution in [2.75, 3.05) is 14.1 Å². The van der Waals surface area contributed by atoms with Gasteiger partial charge in [-0.2, -0.15) is 0 Å². The highest BCUT2D eigenvalue weighted by atomic mass is 16.1. The van der Waals surface area contributed by atoms with E-state index >= 15 is 0 Å². The molecule has 1 heterocycles. The lowest BCUT2D eigenvalue weighted by molar-refractivity contribution is 0.103. The van der Waals surface area contributed by atoms with Crippen LogP contribution in [0.15, 0.2) is 68.9 Å². The fourth-order valence-electron chi connectivity index (χ4n) is 2.93. The second-order valence-electron chi connectivity index (χ2n) is 5.92. The van der Waals surface area contributed by atoms with Crippen molar-refractivity contribution in [1.29, 1.82) is 0 Å². The summed E-state index contributed by atoms with van der Waals surface area (Å²) in [5.74, 6) is 0.546. The van der Waals surface area contributed by atoms with Gasteiger partial charge in [-0.1, -0.05) is 30.3 Å². The van der Waals surface area contributed by atoms with Crippen molar-refractivity contribution in [1.82, 2.24) is 4.90 Å². The normalized spacial score (nSPS) is 17.4. The van der Waals surface area contributed by atoms with Gasteiger partial charge in [-0.3, -0.25) is 4.79 Å². The van der Waals surface area contributed by atoms with E-state index in [4.69, 9.17) is 5.73 Å². The Morgan fingerprint density at radius 1 is 1.17 bits per heavy atom. The van der Waals surface area contributed by atoms with E-state index in [0.717, 1.165) is 22.4 Å². The van der Waals surface area contributed by atoms with Crippen LogP contribution in [0.25, 0.3) is 0 Å². The predicted octanol–water partition coefficient (Wildman–Crippen LogP) is 2.67. The Balaban J connectivity index is 2.33. The first-order chi connectivity index (χ1) is 11.5. The summed E-state index contributed by atoms with van der Waals surface area (Å²) >= 11 is 0. The Morgan fingerprint density at radius 2 is 1.83 bits per heavy atom. The first kappa shape index (κ1) is 15.9. The van der Waals surface area contributed by atoms with Crippen LogP contribution in [0, 0.1) is 0 Å². The molecule has 0 saturated carbocycles. The van der Waals surface area contributed by atoms with Gasteiger partial charge in [0, 0.05) is 25.2 Å². The molecule has 0 amide bonds. The molecule has 0 saturated heterocycles. The smallest absolute Gasteiger partial charge is 0.226 e. The van der Waals surface area contributed by atoms with Crippen LogP contribution in [0.2, 0.25) is 0 Å². The number of aliphatic imine (C=N–C) groups is 2. The topological polar surface area (TPSA) is 71.0 Å². The molecule has 0 unspecified atom stereocenters. The lowest BCUT2D eigenvalue weighted by Crippen LogP contribution is -2.22. The monoisotopic (exact) mass is 320 g/mol. The Bertz CT molecular complexity index is 882. The number of allylic oxidation sites excluding steroid dienone is 5. The molecule has 0 radical (unpaired) electrons. The van der Waals surface area contributed by atoms with Gasteiger partial charge in [-0.05, 0) is 31.2 Å². The molecule has 2 aliphatic rings. The number of nitrogens with two attached hydrogens (primary N) is 1. The second-order valence-corrected chi connectivity index (χ2v) is 5.92. The average molecular weight is 320 g/mol. The van der Waals surface area contributed by atoms with Crippen LogP contribution in [-0.2, 0) is 0 Å². The molecule has 24 heavy (non-hydrogen) atoms. The summed E-state index contributed by atoms with van der Waals surface area (Å²) in [6.07, 6.45) is 3.41. The highest BCUT2D eigenvalue weighted by Gasteiger charge is 2.35. The van der Waals surface area contributed by atoms with E-state index in [1.165, 1.54) is 6.20 Å². The van der Waals surface area contributed by atoms with Crippen LogP contribution in [0.4, 0.5) is 0 Å². The summed E-state index contributed by atoms with van der Waals surface area (Å²) in [5, 5.41) is 0. The van der Waals surface area contributed by atoms with Crippen molar-refractivity contribution in [3.8, 4) is 0 Å². The van der Waals surface area contributed by atoms with E-state index in [1.807, 2.05) is 63.2 Å². The van der Waals surface area contributed by atoms with Crippen molar-refractivity contribution in [2.24, 2.45) is 15.7 Å². The maximum Gasteiger partial charge on any atom is 0.226 e. The van der Waals surface area contributed by atoms with Crippen molar-refractivity contribution < 1.29 is 4.79 Å². The molecular weight excluding hydrogens is 300 g/mol. The molecule has 5 heteroatoms. The van der Waals surface area contributed by atoms with E-state index in [2.05, 4.69) is 9.98 Å². The Morgan fingerprint density at radius 3 is 2.42 bits per heavy atom. The molecule has 3 rings (SSSR count). The molecule has 0 fully saturated rings. The zero-order valence-corrected chi connectivity index (χ0v) is 14.3. The Hall–Kier alpha value is -2.95. The van der Waals surface area contributed by atoms with Gasteiger partial charge < -0.3 is 10.6 Å². The molecule has 1 aromatic rings. The van der Waals surface area contributed by atoms with Crippen molar-refractivity contribution in [3.63, 3.8) is 0 Å². The minimum atomic E-state index is -0.0439. The van der Waals surface area contributed by atoms with Gasteiger partial charge in [-0.25, -0.2) is 9.98 Å². The lowest BCUT2D eigenvalue weighted by atomic mass is 9.82. The predicted molar refractivity (Wildman–Crippen MR) is 97.2 cm³/mol. The number of Topliss-reactive ketones (excluding diaryl/α,β-unsaturated/α-hetero) is 1. The van der Waals surface area contributed by atoms with E-state index < -0.39 is 0 Å². The highest BCUT2D eigenvalue weighted by Crippen LogP contribution is 2.36. The molecular formula is C19H20N4O. The largest absolute Gasteiger partial charge is 0.404 e. The van der Waals surface area contributed by atoms with Crippen molar-refractivity contribution in [2.45, 2.75) is 13.8 Å². The number of rotatable bonds is 2. The van der Waals surface area contributed by atoms with Crippen molar-refractivity contribution >= 4 is 17.5 Å². The fraction of sp³-hybridized carbons (Fsp3) is 0.211. The molecule has 0 spiro atoms. The second kappa shape index (κ2) is 5.92. The van der Waals surface area contributed by atoms with Crippen LogP contribution in [0.1, 0.15) is 29.8 Å². The third-order valence-electron chi connectivity index (χ3n) is 4.17. The zero-order chi connectivity index (χ0) is 17.4. The third-order valence-corrected chi connectivity index (χ3v) is 4.17. The molecule has 1 aliphatic carbocycles. The molecule has 2 N–H and O–H groups in total. The summed E-state index contributed by atoms with van der Waals surface area (Å²) in [6.45, 7) is 3.78. The van der Waals surface area contributed by atoms with Crippen LogP contribution >= 0.6 is 0 Å². The fourth-order valence-corrected chi connectivity index (χ4v) is 2.93. The third kappa shape index (κ3) is 2.29. The van der Waals surface area contributed by atoms with Gasteiger partial charge in [-0.15, -0.1) is 0 Å². The van der Waals surface area contributed by atoms with Crippen LogP contribution in [0.3, 0.4) is 0 Å². The summed E-state index contributed by atoms with van der Waals surface area (Å²) in [6, 6.07) is 7.52. The number of carbonyl (C=O) groups is 1. The summed E-state index contributed by atoms with van der Waals surface area (Å²) in [7, 11) is 3.77. The Labute approximate surface area is 141 Å². The van der Waals surface area contributed by atoms with E-state index in [-0.39, 0.29) is 5.78 Å². The van der Waals surface area contributed by atoms with Crippen LogP contribution in [0.5, 0.6) is 0 Å². The summed E-state index contributed by atoms with van der Waals surface area (Å²) < 4.78 is 0. The number of carbonyl (C=O) groups excluding carboxylic acids is 1. The van der Waals surface area contributed by atoms with Gasteiger partial charge in [0.25, 0.3) is 0 Å². The zero-order valence-electron chi connectivity index (χ0n) is 14.3. The first-order valence-corrected chi connectivity index (χ1v) is 7.78. The highest BCUT2D eigenvalue weighted by molar-refractivity contribution is 6.33. The minimum absolute atomic E-state index is 0.0439. The summed E-state index contributed by atoms with van der Waals surface area (Å²) in [4.78, 5) is 24.2. The maximum atomic E-state index is 13.2. The minimum Gasteiger partial charge on any atom is -0.404 e. The number of fused-ring (bicyclic) bond motifs is 3. The molecule has 122 valence electrons. The summed E-state index contributed by atoms with van der Waals surface area (Å²) in [5.41, 5.74) is 10.7. The van der Waals surface area contributed by atoms with Gasteiger partial charge in [0.2, 0.25) is 5.96 Å². The quantitative estimate of drug-likeness (QED) is 0.852. The maximum absolute atomic E-state index is 13.2. The van der Waals surface area contributed by atoms with Crippen LogP contribution in [-0.4, -0.2) is 36.4 Å². The Kier molecular flexibility index (Phi) is 3.93. The van der Waals surface area contributed by atoms with Gasteiger partial charge in [0.05, 0.1) is 5.57 Å². The van der Waals surface area contributed by atoms with Crippen molar-refractivity contribution in [3.05, 3.63) is 70.1 Å². The van der Waals surface area contributed by atoms with Crippen LogP contribution < -0.4 is 5.73 Å². The molecule has 0 bridgehead atoms. The van der Waals surface area contributed by atoms with E-state index in [0.29, 0.717) is 22.8 Å². The van der Waals surface area contributed by atoms with E-state index in [1.54, 1.807) is 0 Å². The molecule has 1 aliphatic heterocycles. The number of nitrogens with zero attached hydrogens (tertiary/aromatic N) is 3. The lowest BCUT2D eigenvalue weighted by Gasteiger charge is -2.21. The molecule has 1 aromatic carbocycles. The van der Waals surface area contributed by atoms with E-state index in [9.17, 15) is 4.79 Å². The molecule has 5 nitrogen and oxygen atoms in total. The molecule has 0 aromatic heterocycles. The number of hydrogen-bond acceptors (Lipinski definition) is 5. The first-order valence-electron chi connectivity index (χ1n) is 7.78. The number of hydrogen-bond donors (Lipinski definition) is 1. The van der Waals surface area contributed by atoms with Gasteiger partial charge in [0.1, 0.15) is 11.4 Å². The standard InChI is InChI=1S/C19H20N4O/c1-5-12(11(2)10-20)15-17-16(21-19(22-17)23(3)4)13-8-6-7-9-14(13)18(15)24/h5-10H,20H2,1-4H3/b11-10-,12-5+.